The van der Waals surface area contributed by atoms with Crippen molar-refractivity contribution in [3.8, 4) is 0 Å². The van der Waals surface area contributed by atoms with E-state index in [1.165, 1.54) is 0 Å². The molecule has 9 heteroatoms. The Balaban J connectivity index is 2.42. The summed E-state index contributed by atoms with van der Waals surface area (Å²) in [6.07, 6.45) is -4.83. The molecule has 0 amide bonds. The molecule has 0 aliphatic carbocycles. The van der Waals surface area contributed by atoms with Crippen molar-refractivity contribution in [3.63, 3.8) is 0 Å². The molecule has 18 heavy (non-hydrogen) atoms. The van der Waals surface area contributed by atoms with Crippen LogP contribution in [0, 0.1) is 0 Å². The van der Waals surface area contributed by atoms with Gasteiger partial charge in [0.2, 0.25) is 0 Å². The molecule has 2 heterocycles. The molecule has 0 bridgehead atoms. The summed E-state index contributed by atoms with van der Waals surface area (Å²) in [4.78, 5) is 24.6. The van der Waals surface area contributed by atoms with Crippen LogP contribution in [0.4, 0.5) is 4.39 Å². The zero-order chi connectivity index (χ0) is 13.4. The fourth-order valence-electron chi connectivity index (χ4n) is 1.73. The predicted octanol–water partition coefficient (Wildman–Crippen LogP) is -1.11. The number of hydrogen-bond acceptors (Lipinski definition) is 5. The van der Waals surface area contributed by atoms with Gasteiger partial charge in [-0.25, -0.2) is 9.18 Å². The molecule has 0 aromatic carbocycles. The number of alkyl halides is 1. The summed E-state index contributed by atoms with van der Waals surface area (Å²) in [6, 6.07) is 0. The third kappa shape index (κ3) is 2.14. The maximum atomic E-state index is 13.8. The third-order valence-electron chi connectivity index (χ3n) is 2.67. The Kier molecular flexibility index (Phi) is 3.66. The van der Waals surface area contributed by atoms with Crippen LogP contribution in [-0.2, 0) is 4.74 Å². The van der Waals surface area contributed by atoms with E-state index < -0.39 is 42.5 Å². The van der Waals surface area contributed by atoms with E-state index in [0.717, 1.165) is 10.8 Å². The number of aromatic nitrogens is 2. The lowest BCUT2D eigenvalue weighted by Gasteiger charge is -2.15. The summed E-state index contributed by atoms with van der Waals surface area (Å²) >= 11 is 2.90. The molecule has 1 aliphatic rings. The van der Waals surface area contributed by atoms with Crippen LogP contribution in [0.1, 0.15) is 6.23 Å². The van der Waals surface area contributed by atoms with Crippen molar-refractivity contribution in [1.29, 1.82) is 0 Å². The van der Waals surface area contributed by atoms with Gasteiger partial charge in [0, 0.05) is 6.20 Å². The minimum Gasteiger partial charge on any atom is -0.394 e. The predicted molar refractivity (Wildman–Crippen MR) is 60.9 cm³/mol. The average molecular weight is 325 g/mol. The Morgan fingerprint density at radius 2 is 2.22 bits per heavy atom. The van der Waals surface area contributed by atoms with Gasteiger partial charge in [-0.1, -0.05) is 0 Å². The fourth-order valence-corrected chi connectivity index (χ4v) is 2.05. The van der Waals surface area contributed by atoms with E-state index in [4.69, 9.17) is 9.84 Å². The molecule has 1 aromatic rings. The SMILES string of the molecule is O=c1[nH]c(=O)n([C@H]2O[C@H](CO)[C@@H](O)[C@H]2F)cc1Br. The number of nitrogens with zero attached hydrogens (tertiary/aromatic N) is 1. The van der Waals surface area contributed by atoms with Crippen molar-refractivity contribution in [2.75, 3.05) is 6.61 Å². The zero-order valence-electron chi connectivity index (χ0n) is 8.92. The monoisotopic (exact) mass is 324 g/mol. The van der Waals surface area contributed by atoms with E-state index in [0.29, 0.717) is 0 Å². The Labute approximate surface area is 108 Å². The van der Waals surface area contributed by atoms with Crippen LogP contribution >= 0.6 is 15.9 Å². The van der Waals surface area contributed by atoms with E-state index in [1.807, 2.05) is 4.98 Å². The van der Waals surface area contributed by atoms with Gasteiger partial charge in [-0.05, 0) is 15.9 Å². The summed E-state index contributed by atoms with van der Waals surface area (Å²) in [7, 11) is 0. The maximum Gasteiger partial charge on any atom is 0.330 e. The van der Waals surface area contributed by atoms with Gasteiger partial charge in [-0.3, -0.25) is 14.3 Å². The highest BCUT2D eigenvalue weighted by Gasteiger charge is 2.45. The average Bonchev–Trinajstić information content (AvgIpc) is 2.61. The molecule has 1 fully saturated rings. The van der Waals surface area contributed by atoms with Crippen LogP contribution in [0.15, 0.2) is 20.3 Å². The minimum absolute atomic E-state index is 0.0276. The summed E-state index contributed by atoms with van der Waals surface area (Å²) in [5.74, 6) is 0. The summed E-state index contributed by atoms with van der Waals surface area (Å²) < 4.78 is 19.6. The maximum absolute atomic E-state index is 13.8. The van der Waals surface area contributed by atoms with Crippen LogP contribution in [0.3, 0.4) is 0 Å². The summed E-state index contributed by atoms with van der Waals surface area (Å²) in [5, 5.41) is 18.3. The van der Waals surface area contributed by atoms with Gasteiger partial charge >= 0.3 is 5.69 Å². The first-order valence-corrected chi connectivity index (χ1v) is 5.84. The molecule has 1 aliphatic heterocycles. The van der Waals surface area contributed by atoms with Crippen molar-refractivity contribution in [2.24, 2.45) is 0 Å². The van der Waals surface area contributed by atoms with Crippen molar-refractivity contribution in [1.82, 2.24) is 9.55 Å². The normalized spacial score (nSPS) is 31.8. The molecule has 0 spiro atoms. The smallest absolute Gasteiger partial charge is 0.330 e. The molecule has 1 saturated heterocycles. The molecule has 4 atom stereocenters. The van der Waals surface area contributed by atoms with E-state index in [-0.39, 0.29) is 4.47 Å². The number of rotatable bonds is 2. The second kappa shape index (κ2) is 4.92. The molecule has 0 saturated carbocycles. The Bertz CT molecular complexity index is 559. The Morgan fingerprint density at radius 1 is 1.56 bits per heavy atom. The lowest BCUT2D eigenvalue weighted by molar-refractivity contribution is -0.0492. The Hall–Kier alpha value is -1.03. The summed E-state index contributed by atoms with van der Waals surface area (Å²) in [6.45, 7) is -0.572. The lowest BCUT2D eigenvalue weighted by Crippen LogP contribution is -2.36. The first-order valence-electron chi connectivity index (χ1n) is 5.05. The molecule has 7 nitrogen and oxygen atoms in total. The van der Waals surface area contributed by atoms with E-state index >= 15 is 0 Å². The molecule has 0 radical (unpaired) electrons. The van der Waals surface area contributed by atoms with Gasteiger partial charge in [0.05, 0.1) is 11.1 Å². The molecular formula is C9H10BrFN2O5. The largest absolute Gasteiger partial charge is 0.394 e. The number of hydrogen-bond donors (Lipinski definition) is 3. The van der Waals surface area contributed by atoms with Crippen LogP contribution in [0.25, 0.3) is 0 Å². The van der Waals surface area contributed by atoms with Gasteiger partial charge < -0.3 is 14.9 Å². The second-order valence-corrected chi connectivity index (χ2v) is 4.68. The van der Waals surface area contributed by atoms with Crippen LogP contribution in [-0.4, -0.2) is 44.8 Å². The highest BCUT2D eigenvalue weighted by Crippen LogP contribution is 2.30. The van der Waals surface area contributed by atoms with Crippen molar-refractivity contribution >= 4 is 15.9 Å². The second-order valence-electron chi connectivity index (χ2n) is 3.83. The van der Waals surface area contributed by atoms with E-state index in [2.05, 4.69) is 15.9 Å². The Morgan fingerprint density at radius 3 is 2.78 bits per heavy atom. The molecule has 2 rings (SSSR count). The van der Waals surface area contributed by atoms with Gasteiger partial charge in [0.25, 0.3) is 5.56 Å². The zero-order valence-corrected chi connectivity index (χ0v) is 10.5. The number of halogens is 2. The van der Waals surface area contributed by atoms with Crippen LogP contribution < -0.4 is 11.2 Å². The molecule has 3 N–H and O–H groups in total. The third-order valence-corrected chi connectivity index (χ3v) is 3.24. The molecule has 1 aromatic heterocycles. The number of nitrogens with one attached hydrogen (secondary N) is 1. The topological polar surface area (TPSA) is 105 Å². The number of aromatic amines is 1. The molecule has 0 unspecified atom stereocenters. The first-order chi connectivity index (χ1) is 8.45. The van der Waals surface area contributed by atoms with Crippen LogP contribution in [0.2, 0.25) is 0 Å². The highest BCUT2D eigenvalue weighted by molar-refractivity contribution is 9.10. The van der Waals surface area contributed by atoms with Crippen molar-refractivity contribution < 1.29 is 19.3 Å². The quantitative estimate of drug-likeness (QED) is 0.639. The molecular weight excluding hydrogens is 315 g/mol. The van der Waals surface area contributed by atoms with Gasteiger partial charge in [0.15, 0.2) is 12.4 Å². The summed E-state index contributed by atoms with van der Waals surface area (Å²) in [5.41, 5.74) is -1.51. The van der Waals surface area contributed by atoms with E-state index in [1.54, 1.807) is 0 Å². The fraction of sp³-hybridized carbons (Fsp3) is 0.556. The van der Waals surface area contributed by atoms with Crippen LogP contribution in [0.5, 0.6) is 0 Å². The van der Waals surface area contributed by atoms with Crippen molar-refractivity contribution in [3.05, 3.63) is 31.5 Å². The standard InChI is InChI=1S/C9H10BrFN2O5/c10-3-1-13(9(17)12-7(3)16)8-5(11)6(15)4(2-14)18-8/h1,4-6,8,14-15H,2H2,(H,12,16,17)/t4-,5-,6-,8+/m1/s1. The first kappa shape index (κ1) is 13.4. The highest BCUT2D eigenvalue weighted by atomic mass is 79.9. The number of ether oxygens (including phenoxy) is 1. The lowest BCUT2D eigenvalue weighted by atomic mass is 10.1. The number of H-pyrrole nitrogens is 1. The van der Waals surface area contributed by atoms with Gasteiger partial charge in [0.1, 0.15) is 12.2 Å². The number of aliphatic hydroxyl groups excluding tert-OH is 2. The minimum atomic E-state index is -1.88. The van der Waals surface area contributed by atoms with Gasteiger partial charge in [-0.2, -0.15) is 0 Å². The van der Waals surface area contributed by atoms with Gasteiger partial charge in [-0.15, -0.1) is 0 Å². The van der Waals surface area contributed by atoms with Crippen molar-refractivity contribution in [2.45, 2.75) is 24.6 Å². The van der Waals surface area contributed by atoms with E-state index in [9.17, 15) is 19.1 Å². The number of aliphatic hydroxyl groups is 2. The molecule has 100 valence electrons.